The number of carbonyl (C=O) groups is 1. The number of nitrogens with zero attached hydrogens (tertiary/aromatic N) is 5. The second-order valence-corrected chi connectivity index (χ2v) is 8.16. The average Bonchev–Trinajstić information content (AvgIpc) is 3.52. The Labute approximate surface area is 187 Å². The third-order valence-electron chi connectivity index (χ3n) is 5.74. The van der Waals surface area contributed by atoms with Crippen molar-refractivity contribution in [3.8, 4) is 17.1 Å². The number of imidazole rings is 1. The molecule has 0 unspecified atom stereocenters. The van der Waals surface area contributed by atoms with Crippen LogP contribution in [-0.2, 0) is 38.4 Å². The van der Waals surface area contributed by atoms with Gasteiger partial charge >= 0.3 is 5.69 Å². The molecule has 0 saturated carbocycles. The number of hydrogen-bond acceptors (Lipinski definition) is 7. The minimum atomic E-state index is -0.507. The highest BCUT2D eigenvalue weighted by Crippen LogP contribution is 2.33. The first-order chi connectivity index (χ1) is 15.8. The Balaban J connectivity index is 1.28. The lowest BCUT2D eigenvalue weighted by molar-refractivity contribution is -0.121. The first kappa shape index (κ1) is 20.7. The zero-order valence-electron chi connectivity index (χ0n) is 18.4. The molecule has 4 aromatic rings. The molecule has 1 atom stereocenters. The summed E-state index contributed by atoms with van der Waals surface area (Å²) in [4.78, 5) is 41.2. The number of nitrogens with one attached hydrogen (secondary N) is 1. The fourth-order valence-corrected chi connectivity index (χ4v) is 4.00. The van der Waals surface area contributed by atoms with E-state index in [2.05, 4.69) is 15.5 Å². The summed E-state index contributed by atoms with van der Waals surface area (Å²) in [6.07, 6.45) is 2.42. The molecule has 11 heteroatoms. The highest BCUT2D eigenvalue weighted by molar-refractivity contribution is 5.78. The maximum Gasteiger partial charge on any atom is 0.332 e. The van der Waals surface area contributed by atoms with E-state index in [-0.39, 0.29) is 36.3 Å². The van der Waals surface area contributed by atoms with E-state index in [1.165, 1.54) is 35.1 Å². The molecule has 3 aromatic heterocycles. The van der Waals surface area contributed by atoms with Crippen LogP contribution in [0.1, 0.15) is 18.2 Å². The largest absolute Gasteiger partial charge is 0.490 e. The van der Waals surface area contributed by atoms with Gasteiger partial charge in [0.1, 0.15) is 24.1 Å². The molecule has 1 amide bonds. The van der Waals surface area contributed by atoms with E-state index >= 15 is 0 Å². The molecule has 170 valence electrons. The van der Waals surface area contributed by atoms with Crippen molar-refractivity contribution >= 4 is 17.1 Å². The molecule has 0 bridgehead atoms. The van der Waals surface area contributed by atoms with Crippen molar-refractivity contribution in [2.24, 2.45) is 14.1 Å². The number of amides is 1. The summed E-state index contributed by atoms with van der Waals surface area (Å²) in [7, 11) is 2.91. The molecule has 0 saturated heterocycles. The highest BCUT2D eigenvalue weighted by Gasteiger charge is 2.20. The van der Waals surface area contributed by atoms with E-state index in [1.807, 2.05) is 25.1 Å². The predicted molar refractivity (Wildman–Crippen MR) is 118 cm³/mol. The molecule has 11 nitrogen and oxygen atoms in total. The van der Waals surface area contributed by atoms with Gasteiger partial charge in [0.15, 0.2) is 16.9 Å². The van der Waals surface area contributed by atoms with Gasteiger partial charge < -0.3 is 19.1 Å². The van der Waals surface area contributed by atoms with Crippen LogP contribution in [0.3, 0.4) is 0 Å². The van der Waals surface area contributed by atoms with Gasteiger partial charge in [-0.25, -0.2) is 9.78 Å². The molecule has 0 radical (unpaired) electrons. The summed E-state index contributed by atoms with van der Waals surface area (Å²) in [5.74, 6) is 1.09. The van der Waals surface area contributed by atoms with E-state index in [4.69, 9.17) is 9.26 Å². The van der Waals surface area contributed by atoms with Crippen LogP contribution < -0.4 is 21.3 Å². The monoisotopic (exact) mass is 450 g/mol. The van der Waals surface area contributed by atoms with Crippen molar-refractivity contribution in [2.45, 2.75) is 32.5 Å². The lowest BCUT2D eigenvalue weighted by Gasteiger charge is -2.07. The van der Waals surface area contributed by atoms with Crippen molar-refractivity contribution in [1.29, 1.82) is 0 Å². The Morgan fingerprint density at radius 3 is 2.85 bits per heavy atom. The average molecular weight is 450 g/mol. The van der Waals surface area contributed by atoms with Gasteiger partial charge in [0.2, 0.25) is 5.91 Å². The number of hydrogen-bond donors (Lipinski definition) is 1. The third-order valence-corrected chi connectivity index (χ3v) is 5.74. The number of carbonyl (C=O) groups excluding carboxylic acids is 1. The van der Waals surface area contributed by atoms with Crippen LogP contribution in [0.2, 0.25) is 0 Å². The molecule has 1 N–H and O–H groups in total. The van der Waals surface area contributed by atoms with Crippen molar-refractivity contribution in [3.63, 3.8) is 0 Å². The van der Waals surface area contributed by atoms with E-state index in [1.54, 1.807) is 6.07 Å². The van der Waals surface area contributed by atoms with Crippen LogP contribution in [0.4, 0.5) is 0 Å². The normalized spacial score (nSPS) is 14.9. The Morgan fingerprint density at radius 1 is 1.21 bits per heavy atom. The summed E-state index contributed by atoms with van der Waals surface area (Å²) >= 11 is 0. The van der Waals surface area contributed by atoms with Crippen LogP contribution in [0, 0.1) is 0 Å². The lowest BCUT2D eigenvalue weighted by Crippen LogP contribution is -2.38. The van der Waals surface area contributed by atoms with Crippen LogP contribution in [0.15, 0.2) is 44.7 Å². The smallest absolute Gasteiger partial charge is 0.332 e. The van der Waals surface area contributed by atoms with E-state index in [0.29, 0.717) is 11.5 Å². The summed E-state index contributed by atoms with van der Waals surface area (Å²) < 4.78 is 14.9. The SMILES string of the molecule is C[C@@H]1Cc2ccc(-c3cc(CNC(=O)Cn4cnc5c4c(=O)n(C)c(=O)n5C)no3)cc2O1. The Hall–Kier alpha value is -4.15. The molecule has 5 rings (SSSR count). The molecule has 1 aliphatic heterocycles. The molecule has 0 aliphatic carbocycles. The molecular weight excluding hydrogens is 428 g/mol. The number of fused-ring (bicyclic) bond motifs is 2. The highest BCUT2D eigenvalue weighted by atomic mass is 16.5. The van der Waals surface area contributed by atoms with Crippen LogP contribution >= 0.6 is 0 Å². The predicted octanol–water partition coefficient (Wildman–Crippen LogP) is 0.728. The topological polar surface area (TPSA) is 126 Å². The Morgan fingerprint density at radius 2 is 2.03 bits per heavy atom. The van der Waals surface area contributed by atoms with Crippen molar-refractivity contribution in [2.75, 3.05) is 0 Å². The standard InChI is InChI=1S/C22H22N6O5/c1-12-6-13-4-5-14(7-16(13)32-12)17-8-15(25-33-17)9-23-18(29)10-28-11-24-20-19(28)21(30)27(3)22(31)26(20)2/h4-5,7-8,11-12H,6,9-10H2,1-3H3,(H,23,29)/t12-/m1/s1. The zero-order chi connectivity index (χ0) is 23.3. The third kappa shape index (κ3) is 3.60. The Bertz CT molecular complexity index is 1510. The lowest BCUT2D eigenvalue weighted by atomic mass is 10.1. The van der Waals surface area contributed by atoms with E-state index in [9.17, 15) is 14.4 Å². The van der Waals surface area contributed by atoms with Gasteiger partial charge in [0.25, 0.3) is 5.56 Å². The quantitative estimate of drug-likeness (QED) is 0.475. The van der Waals surface area contributed by atoms with Gasteiger partial charge in [-0.05, 0) is 18.6 Å². The molecular formula is C22H22N6O5. The summed E-state index contributed by atoms with van der Waals surface area (Å²) in [6, 6.07) is 7.67. The summed E-state index contributed by atoms with van der Waals surface area (Å²) in [5.41, 5.74) is 2.00. The van der Waals surface area contributed by atoms with Crippen molar-refractivity contribution in [1.82, 2.24) is 29.2 Å². The molecule has 4 heterocycles. The second-order valence-electron chi connectivity index (χ2n) is 8.16. The number of rotatable bonds is 5. The minimum Gasteiger partial charge on any atom is -0.490 e. The van der Waals surface area contributed by atoms with Gasteiger partial charge in [0.05, 0.1) is 12.9 Å². The first-order valence-electron chi connectivity index (χ1n) is 10.4. The first-order valence-corrected chi connectivity index (χ1v) is 10.4. The number of aromatic nitrogens is 5. The maximum absolute atomic E-state index is 12.5. The van der Waals surface area contributed by atoms with Gasteiger partial charge in [-0.2, -0.15) is 0 Å². The number of ether oxygens (including phenoxy) is 1. The maximum atomic E-state index is 12.5. The van der Waals surface area contributed by atoms with Crippen molar-refractivity contribution < 1.29 is 14.1 Å². The minimum absolute atomic E-state index is 0.130. The molecule has 1 aromatic carbocycles. The van der Waals surface area contributed by atoms with Crippen LogP contribution in [0.25, 0.3) is 22.5 Å². The van der Waals surface area contributed by atoms with Gasteiger partial charge in [-0.1, -0.05) is 17.3 Å². The van der Waals surface area contributed by atoms with Crippen molar-refractivity contribution in [3.05, 3.63) is 62.7 Å². The summed E-state index contributed by atoms with van der Waals surface area (Å²) in [5, 5.41) is 6.79. The molecule has 0 fully saturated rings. The van der Waals surface area contributed by atoms with Crippen LogP contribution in [0.5, 0.6) is 5.75 Å². The molecule has 33 heavy (non-hydrogen) atoms. The van der Waals surface area contributed by atoms with E-state index in [0.717, 1.165) is 22.3 Å². The number of aryl methyl sites for hydroxylation is 1. The number of benzene rings is 1. The molecule has 0 spiro atoms. The summed E-state index contributed by atoms with van der Waals surface area (Å²) in [6.45, 7) is 2.05. The van der Waals surface area contributed by atoms with Crippen LogP contribution in [-0.4, -0.2) is 35.9 Å². The second kappa shape index (κ2) is 7.76. The zero-order valence-corrected chi connectivity index (χ0v) is 18.4. The van der Waals surface area contributed by atoms with Gasteiger partial charge in [-0.3, -0.25) is 18.7 Å². The Kier molecular flexibility index (Phi) is 4.88. The van der Waals surface area contributed by atoms with E-state index < -0.39 is 11.2 Å². The van der Waals surface area contributed by atoms with Gasteiger partial charge in [0, 0.05) is 32.1 Å². The van der Waals surface area contributed by atoms with Gasteiger partial charge in [-0.15, -0.1) is 0 Å². The molecule has 1 aliphatic rings. The fourth-order valence-electron chi connectivity index (χ4n) is 4.00. The fraction of sp³-hybridized carbons (Fsp3) is 0.318.